The van der Waals surface area contributed by atoms with Crippen LogP contribution in [0, 0.1) is 0 Å². The van der Waals surface area contributed by atoms with Crippen molar-refractivity contribution in [1.82, 2.24) is 4.90 Å². The molecule has 0 saturated carbocycles. The van der Waals surface area contributed by atoms with Gasteiger partial charge in [0, 0.05) is 19.4 Å². The molecule has 174 valence electrons. The Morgan fingerprint density at radius 3 is 2.44 bits per heavy atom. The van der Waals surface area contributed by atoms with Crippen molar-refractivity contribution in [3.8, 4) is 0 Å². The first-order valence-electron chi connectivity index (χ1n) is 10.5. The van der Waals surface area contributed by atoms with Crippen LogP contribution in [0.2, 0.25) is 0 Å². The van der Waals surface area contributed by atoms with E-state index in [1.54, 1.807) is 37.3 Å². The third kappa shape index (κ3) is 4.01. The molecule has 3 rings (SSSR count). The van der Waals surface area contributed by atoms with E-state index in [1.165, 1.54) is 18.1 Å². The Morgan fingerprint density at radius 2 is 1.91 bits per heavy atom. The zero-order chi connectivity index (χ0) is 23.7. The molecule has 1 aromatic rings. The highest BCUT2D eigenvalue weighted by Gasteiger charge is 2.71. The maximum absolute atomic E-state index is 14.4. The summed E-state index contributed by atoms with van der Waals surface area (Å²) in [7, 11) is 1.42. The highest BCUT2D eigenvalue weighted by Crippen LogP contribution is 2.54. The van der Waals surface area contributed by atoms with Crippen molar-refractivity contribution in [3.63, 3.8) is 0 Å². The molecule has 4 nitrogen and oxygen atoms in total. The zero-order valence-corrected chi connectivity index (χ0v) is 18.2. The van der Waals surface area contributed by atoms with E-state index in [0.717, 1.165) is 6.08 Å². The van der Waals surface area contributed by atoms with Crippen LogP contribution in [0.15, 0.2) is 65.4 Å². The number of rotatable bonds is 4. The molecule has 1 aromatic carbocycles. The van der Waals surface area contributed by atoms with Crippen LogP contribution in [-0.2, 0) is 9.53 Å². The molecule has 2 aliphatic rings. The Bertz CT molecular complexity index is 950. The van der Waals surface area contributed by atoms with E-state index in [2.05, 4.69) is 0 Å². The van der Waals surface area contributed by atoms with Gasteiger partial charge in [-0.25, -0.2) is 4.39 Å². The standard InChI is InChI=1S/C24H27F4NO3/c1-4-19-17(14-18-15-22(2,25)23(18,31)24(26,27)28)12-8-9-13-29(19)21(30)20(32-3)16-10-6-5-7-11-16/h4-7,10-11,14-15,20,31H,8-9,12-13H2,1-3H3/b17-14-,19-4+/t20-,22?,23?/m0/s1. The Hall–Kier alpha value is -2.45. The molecule has 1 aliphatic heterocycles. The monoisotopic (exact) mass is 453 g/mol. The highest BCUT2D eigenvalue weighted by atomic mass is 19.4. The number of aliphatic hydroxyl groups is 1. The van der Waals surface area contributed by atoms with Crippen molar-refractivity contribution in [2.75, 3.05) is 13.7 Å². The fraction of sp³-hybridized carbons (Fsp3) is 0.458. The van der Waals surface area contributed by atoms with Crippen molar-refractivity contribution in [3.05, 3.63) is 71.0 Å². The van der Waals surface area contributed by atoms with Crippen LogP contribution in [0.25, 0.3) is 0 Å². The number of hydrogen-bond acceptors (Lipinski definition) is 3. The largest absolute Gasteiger partial charge is 0.424 e. The SMILES string of the molecule is C/C=C1\C(=C/C2=CC(C)(F)C2(O)C(F)(F)F)CCCCN1C(=O)[C@@H](OC)c1ccccc1. The Morgan fingerprint density at radius 1 is 1.25 bits per heavy atom. The first kappa shape index (κ1) is 24.2. The first-order valence-corrected chi connectivity index (χ1v) is 10.5. The molecule has 0 radical (unpaired) electrons. The number of amides is 1. The normalized spacial score (nSPS) is 30.0. The molecular weight excluding hydrogens is 426 g/mol. The van der Waals surface area contributed by atoms with Gasteiger partial charge in [0.1, 0.15) is 0 Å². The van der Waals surface area contributed by atoms with Crippen molar-refractivity contribution in [1.29, 1.82) is 0 Å². The number of carbonyl (C=O) groups excluding carboxylic acids is 1. The summed E-state index contributed by atoms with van der Waals surface area (Å²) in [5.41, 5.74) is -5.54. The second-order valence-electron chi connectivity index (χ2n) is 8.20. The van der Waals surface area contributed by atoms with E-state index in [1.807, 2.05) is 6.07 Å². The molecule has 2 unspecified atom stereocenters. The molecule has 32 heavy (non-hydrogen) atoms. The molecule has 8 heteroatoms. The van der Waals surface area contributed by atoms with E-state index in [-0.39, 0.29) is 5.91 Å². The summed E-state index contributed by atoms with van der Waals surface area (Å²) in [5, 5.41) is 10.2. The Labute approximate surface area is 184 Å². The van der Waals surface area contributed by atoms with Gasteiger partial charge in [0.25, 0.3) is 5.91 Å². The van der Waals surface area contributed by atoms with E-state index >= 15 is 0 Å². The van der Waals surface area contributed by atoms with Gasteiger partial charge in [0.05, 0.1) is 0 Å². The van der Waals surface area contributed by atoms with Gasteiger partial charge >= 0.3 is 6.18 Å². The molecule has 1 amide bonds. The van der Waals surface area contributed by atoms with E-state index in [4.69, 9.17) is 4.74 Å². The fourth-order valence-corrected chi connectivity index (χ4v) is 4.35. The lowest BCUT2D eigenvalue weighted by Gasteiger charge is -2.47. The van der Waals surface area contributed by atoms with Gasteiger partial charge in [-0.1, -0.05) is 42.5 Å². The molecule has 1 aliphatic carbocycles. The Kier molecular flexibility index (Phi) is 6.67. The summed E-state index contributed by atoms with van der Waals surface area (Å²) in [4.78, 5) is 14.9. The molecule has 0 aromatic heterocycles. The highest BCUT2D eigenvalue weighted by molar-refractivity contribution is 5.85. The van der Waals surface area contributed by atoms with Gasteiger partial charge in [-0.2, -0.15) is 13.2 Å². The number of likely N-dealkylation sites (tertiary alicyclic amines) is 1. The summed E-state index contributed by atoms with van der Waals surface area (Å²) in [6, 6.07) is 8.92. The molecule has 1 saturated heterocycles. The molecule has 1 heterocycles. The number of benzene rings is 1. The maximum Gasteiger partial charge on any atom is 0.424 e. The van der Waals surface area contributed by atoms with Crippen LogP contribution in [0.3, 0.4) is 0 Å². The van der Waals surface area contributed by atoms with Crippen LogP contribution < -0.4 is 0 Å². The lowest BCUT2D eigenvalue weighted by molar-refractivity contribution is -0.285. The van der Waals surface area contributed by atoms with Gasteiger partial charge in [-0.05, 0) is 55.9 Å². The van der Waals surface area contributed by atoms with Crippen LogP contribution in [0.5, 0.6) is 0 Å². The van der Waals surface area contributed by atoms with Crippen LogP contribution in [-0.4, -0.2) is 47.0 Å². The van der Waals surface area contributed by atoms with E-state index < -0.39 is 29.1 Å². The Balaban J connectivity index is 1.98. The molecule has 0 spiro atoms. The number of alkyl halides is 4. The second kappa shape index (κ2) is 8.83. The average Bonchev–Trinajstić information content (AvgIpc) is 2.95. The number of methoxy groups -OCH3 is 1. The minimum absolute atomic E-state index is 0.344. The lowest BCUT2D eigenvalue weighted by atomic mass is 9.67. The van der Waals surface area contributed by atoms with Gasteiger partial charge < -0.3 is 14.7 Å². The van der Waals surface area contributed by atoms with E-state index in [0.29, 0.717) is 49.6 Å². The number of nitrogens with zero attached hydrogens (tertiary/aromatic N) is 1. The lowest BCUT2D eigenvalue weighted by Crippen LogP contribution is -2.65. The molecular formula is C24H27F4NO3. The summed E-state index contributed by atoms with van der Waals surface area (Å²) in [6.07, 6.45) is -0.819. The molecule has 0 bridgehead atoms. The predicted molar refractivity (Wildman–Crippen MR) is 112 cm³/mol. The van der Waals surface area contributed by atoms with Gasteiger partial charge in [-0.3, -0.25) is 4.79 Å². The minimum Gasteiger partial charge on any atom is -0.374 e. The van der Waals surface area contributed by atoms with Gasteiger partial charge in [0.15, 0.2) is 11.8 Å². The number of hydrogen-bond donors (Lipinski definition) is 1. The number of halogens is 4. The van der Waals surface area contributed by atoms with E-state index in [9.17, 15) is 27.5 Å². The molecule has 3 atom stereocenters. The van der Waals surface area contributed by atoms with Gasteiger partial charge in [-0.15, -0.1) is 0 Å². The van der Waals surface area contributed by atoms with Crippen LogP contribution in [0.4, 0.5) is 17.6 Å². The van der Waals surface area contributed by atoms with Crippen molar-refractivity contribution >= 4 is 5.91 Å². The topological polar surface area (TPSA) is 49.8 Å². The number of allylic oxidation sites excluding steroid dienone is 2. The summed E-state index contributed by atoms with van der Waals surface area (Å²) in [6.45, 7) is 2.75. The third-order valence-corrected chi connectivity index (χ3v) is 6.09. The quantitative estimate of drug-likeness (QED) is 0.640. The number of ether oxygens (including phenoxy) is 1. The minimum atomic E-state index is -5.18. The number of carbonyl (C=O) groups is 1. The van der Waals surface area contributed by atoms with Crippen LogP contribution >= 0.6 is 0 Å². The zero-order valence-electron chi connectivity index (χ0n) is 18.2. The van der Waals surface area contributed by atoms with Crippen molar-refractivity contribution < 1.29 is 32.2 Å². The molecule has 1 N–H and O–H groups in total. The van der Waals surface area contributed by atoms with Crippen molar-refractivity contribution in [2.45, 2.75) is 56.7 Å². The fourth-order valence-electron chi connectivity index (χ4n) is 4.35. The second-order valence-corrected chi connectivity index (χ2v) is 8.20. The van der Waals surface area contributed by atoms with Crippen LogP contribution in [0.1, 0.15) is 44.8 Å². The summed E-state index contributed by atoms with van der Waals surface area (Å²) < 4.78 is 60.4. The maximum atomic E-state index is 14.4. The smallest absolute Gasteiger partial charge is 0.374 e. The van der Waals surface area contributed by atoms with Gasteiger partial charge in [0.2, 0.25) is 5.60 Å². The summed E-state index contributed by atoms with van der Waals surface area (Å²) in [5.74, 6) is -0.344. The average molecular weight is 453 g/mol. The molecule has 1 fully saturated rings. The first-order chi connectivity index (χ1) is 15.0. The van der Waals surface area contributed by atoms with Crippen molar-refractivity contribution in [2.24, 2.45) is 0 Å². The summed E-state index contributed by atoms with van der Waals surface area (Å²) >= 11 is 0. The predicted octanol–water partition coefficient (Wildman–Crippen LogP) is 5.18. The third-order valence-electron chi connectivity index (χ3n) is 6.09.